The topological polar surface area (TPSA) is 34.9 Å². The summed E-state index contributed by atoms with van der Waals surface area (Å²) in [6.07, 6.45) is 4.22. The zero-order valence-corrected chi connectivity index (χ0v) is 9.97. The molecule has 3 heteroatoms. The SMILES string of the molecule is CC(C)C(Cn1cncc1C=O)C(C)C. The van der Waals surface area contributed by atoms with Crippen LogP contribution in [0, 0.1) is 17.8 Å². The fourth-order valence-corrected chi connectivity index (χ4v) is 2.00. The van der Waals surface area contributed by atoms with Gasteiger partial charge < -0.3 is 4.57 Å². The molecule has 0 N–H and O–H groups in total. The molecule has 0 fully saturated rings. The van der Waals surface area contributed by atoms with Crippen molar-refractivity contribution in [2.45, 2.75) is 34.2 Å². The molecule has 0 radical (unpaired) electrons. The maximum absolute atomic E-state index is 10.7. The van der Waals surface area contributed by atoms with E-state index in [-0.39, 0.29) is 0 Å². The summed E-state index contributed by atoms with van der Waals surface area (Å²) >= 11 is 0. The summed E-state index contributed by atoms with van der Waals surface area (Å²) in [5, 5.41) is 0. The Hall–Kier alpha value is -1.12. The Kier molecular flexibility index (Phi) is 4.06. The third-order valence-corrected chi connectivity index (χ3v) is 2.99. The molecule has 0 amide bonds. The van der Waals surface area contributed by atoms with Gasteiger partial charge in [0.1, 0.15) is 5.69 Å². The Morgan fingerprint density at radius 2 is 1.93 bits per heavy atom. The van der Waals surface area contributed by atoms with Crippen molar-refractivity contribution >= 4 is 6.29 Å². The molecule has 0 aliphatic carbocycles. The van der Waals surface area contributed by atoms with Crippen LogP contribution in [0.4, 0.5) is 0 Å². The zero-order valence-electron chi connectivity index (χ0n) is 9.97. The van der Waals surface area contributed by atoms with Crippen LogP contribution in [0.15, 0.2) is 12.5 Å². The van der Waals surface area contributed by atoms with E-state index in [0.717, 1.165) is 12.8 Å². The molecule has 0 saturated heterocycles. The molecule has 1 aromatic rings. The highest BCUT2D eigenvalue weighted by molar-refractivity contribution is 5.71. The van der Waals surface area contributed by atoms with E-state index in [1.165, 1.54) is 0 Å². The van der Waals surface area contributed by atoms with E-state index in [1.807, 2.05) is 4.57 Å². The van der Waals surface area contributed by atoms with Crippen molar-refractivity contribution in [3.63, 3.8) is 0 Å². The van der Waals surface area contributed by atoms with Crippen molar-refractivity contribution in [1.29, 1.82) is 0 Å². The number of aromatic nitrogens is 2. The number of nitrogens with zero attached hydrogens (tertiary/aromatic N) is 2. The Labute approximate surface area is 91.5 Å². The molecule has 0 unspecified atom stereocenters. The average Bonchev–Trinajstić information content (AvgIpc) is 2.59. The number of imidazole rings is 1. The van der Waals surface area contributed by atoms with Crippen molar-refractivity contribution < 1.29 is 4.79 Å². The number of aldehydes is 1. The van der Waals surface area contributed by atoms with Crippen molar-refractivity contribution in [2.75, 3.05) is 0 Å². The number of hydrogen-bond donors (Lipinski definition) is 0. The summed E-state index contributed by atoms with van der Waals surface area (Å²) in [7, 11) is 0. The minimum absolute atomic E-state index is 0.581. The van der Waals surface area contributed by atoms with Gasteiger partial charge in [0.25, 0.3) is 0 Å². The van der Waals surface area contributed by atoms with Gasteiger partial charge in [0.05, 0.1) is 12.5 Å². The Morgan fingerprint density at radius 1 is 1.33 bits per heavy atom. The van der Waals surface area contributed by atoms with Crippen LogP contribution < -0.4 is 0 Å². The fraction of sp³-hybridized carbons (Fsp3) is 0.667. The first-order valence-electron chi connectivity index (χ1n) is 5.51. The van der Waals surface area contributed by atoms with E-state index in [9.17, 15) is 4.79 Å². The van der Waals surface area contributed by atoms with Gasteiger partial charge in [-0.15, -0.1) is 0 Å². The van der Waals surface area contributed by atoms with Gasteiger partial charge in [-0.25, -0.2) is 4.98 Å². The van der Waals surface area contributed by atoms with Crippen molar-refractivity contribution in [3.05, 3.63) is 18.2 Å². The lowest BCUT2D eigenvalue weighted by molar-refractivity contribution is 0.111. The second-order valence-corrected chi connectivity index (χ2v) is 4.74. The first kappa shape index (κ1) is 12.0. The maximum Gasteiger partial charge on any atom is 0.168 e. The van der Waals surface area contributed by atoms with Crippen LogP contribution in [0.3, 0.4) is 0 Å². The molecule has 1 aromatic heterocycles. The predicted molar refractivity (Wildman–Crippen MR) is 60.8 cm³/mol. The molecule has 3 nitrogen and oxygen atoms in total. The molecule has 0 aliphatic heterocycles. The molecule has 1 heterocycles. The first-order chi connectivity index (χ1) is 7.06. The van der Waals surface area contributed by atoms with Gasteiger partial charge in [-0.2, -0.15) is 0 Å². The van der Waals surface area contributed by atoms with E-state index in [0.29, 0.717) is 23.4 Å². The van der Waals surface area contributed by atoms with Gasteiger partial charge in [-0.1, -0.05) is 27.7 Å². The van der Waals surface area contributed by atoms with Crippen LogP contribution in [0.2, 0.25) is 0 Å². The molecule has 0 atom stereocenters. The normalized spacial score (nSPS) is 11.7. The van der Waals surface area contributed by atoms with Crippen molar-refractivity contribution in [3.8, 4) is 0 Å². The summed E-state index contributed by atoms with van der Waals surface area (Å²) in [5.74, 6) is 1.82. The minimum Gasteiger partial charge on any atom is -0.328 e. The molecule has 84 valence electrons. The largest absolute Gasteiger partial charge is 0.328 e. The second kappa shape index (κ2) is 5.10. The summed E-state index contributed by atoms with van der Waals surface area (Å²) in [6.45, 7) is 9.78. The standard InChI is InChI=1S/C12H20N2O/c1-9(2)12(10(3)4)6-14-8-13-5-11(14)7-15/h5,7-10,12H,6H2,1-4H3. The molecular formula is C12H20N2O. The maximum atomic E-state index is 10.7. The summed E-state index contributed by atoms with van der Waals surface area (Å²) in [6, 6.07) is 0. The molecule has 15 heavy (non-hydrogen) atoms. The number of carbonyl (C=O) groups is 1. The second-order valence-electron chi connectivity index (χ2n) is 4.74. The van der Waals surface area contributed by atoms with E-state index >= 15 is 0 Å². The van der Waals surface area contributed by atoms with Crippen molar-refractivity contribution in [1.82, 2.24) is 9.55 Å². The highest BCUT2D eigenvalue weighted by Crippen LogP contribution is 2.22. The van der Waals surface area contributed by atoms with E-state index < -0.39 is 0 Å². The summed E-state index contributed by atoms with van der Waals surface area (Å²) in [4.78, 5) is 14.7. The lowest BCUT2D eigenvalue weighted by Gasteiger charge is -2.25. The smallest absolute Gasteiger partial charge is 0.168 e. The van der Waals surface area contributed by atoms with Gasteiger partial charge in [-0.05, 0) is 17.8 Å². The highest BCUT2D eigenvalue weighted by atomic mass is 16.1. The first-order valence-corrected chi connectivity index (χ1v) is 5.51. The number of hydrogen-bond acceptors (Lipinski definition) is 2. The van der Waals surface area contributed by atoms with E-state index in [2.05, 4.69) is 32.7 Å². The van der Waals surface area contributed by atoms with E-state index in [1.54, 1.807) is 12.5 Å². The molecule has 0 spiro atoms. The van der Waals surface area contributed by atoms with Crippen LogP contribution in [0.25, 0.3) is 0 Å². The van der Waals surface area contributed by atoms with Gasteiger partial charge in [0.2, 0.25) is 0 Å². The third-order valence-electron chi connectivity index (χ3n) is 2.99. The van der Waals surface area contributed by atoms with E-state index in [4.69, 9.17) is 0 Å². The van der Waals surface area contributed by atoms with Crippen molar-refractivity contribution in [2.24, 2.45) is 17.8 Å². The molecule has 0 aromatic carbocycles. The molecular weight excluding hydrogens is 188 g/mol. The van der Waals surface area contributed by atoms with Crippen LogP contribution >= 0.6 is 0 Å². The highest BCUT2D eigenvalue weighted by Gasteiger charge is 2.18. The van der Waals surface area contributed by atoms with Crippen LogP contribution in [-0.4, -0.2) is 15.8 Å². The molecule has 1 rings (SSSR count). The zero-order chi connectivity index (χ0) is 11.4. The van der Waals surface area contributed by atoms with Gasteiger partial charge in [0, 0.05) is 6.54 Å². The third kappa shape index (κ3) is 2.91. The predicted octanol–water partition coefficient (Wildman–Crippen LogP) is 2.62. The lowest BCUT2D eigenvalue weighted by atomic mass is 9.85. The minimum atomic E-state index is 0.581. The van der Waals surface area contributed by atoms with Gasteiger partial charge in [0.15, 0.2) is 6.29 Å². The fourth-order valence-electron chi connectivity index (χ4n) is 2.00. The lowest BCUT2D eigenvalue weighted by Crippen LogP contribution is -2.22. The molecule has 0 bridgehead atoms. The molecule has 0 aliphatic rings. The number of carbonyl (C=O) groups excluding carboxylic acids is 1. The average molecular weight is 208 g/mol. The van der Waals surface area contributed by atoms with Crippen LogP contribution in [0.5, 0.6) is 0 Å². The summed E-state index contributed by atoms with van der Waals surface area (Å²) < 4.78 is 1.94. The number of rotatable bonds is 5. The Balaban J connectivity index is 2.78. The Morgan fingerprint density at radius 3 is 2.40 bits per heavy atom. The van der Waals surface area contributed by atoms with Gasteiger partial charge >= 0.3 is 0 Å². The van der Waals surface area contributed by atoms with Crippen LogP contribution in [0.1, 0.15) is 38.2 Å². The Bertz CT molecular complexity index is 307. The van der Waals surface area contributed by atoms with Gasteiger partial charge in [-0.3, -0.25) is 4.79 Å². The summed E-state index contributed by atoms with van der Waals surface area (Å²) in [5.41, 5.74) is 0.668. The van der Waals surface area contributed by atoms with Crippen LogP contribution in [-0.2, 0) is 6.54 Å². The molecule has 0 saturated carbocycles. The monoisotopic (exact) mass is 208 g/mol. The quantitative estimate of drug-likeness (QED) is 0.697.